The van der Waals surface area contributed by atoms with Gasteiger partial charge < -0.3 is 18.7 Å². The summed E-state index contributed by atoms with van der Waals surface area (Å²) < 4.78 is 14.8. The summed E-state index contributed by atoms with van der Waals surface area (Å²) in [6, 6.07) is 60.1. The molecule has 11 aromatic rings. The Kier molecular flexibility index (Phi) is 7.23. The van der Waals surface area contributed by atoms with Gasteiger partial charge in [-0.1, -0.05) is 84.9 Å². The van der Waals surface area contributed by atoms with E-state index in [-0.39, 0.29) is 0 Å². The van der Waals surface area contributed by atoms with E-state index in [1.807, 2.05) is 43.4 Å². The van der Waals surface area contributed by atoms with Crippen LogP contribution in [0.15, 0.2) is 184 Å². The molecule has 0 atom stereocenters. The number of aromatic nitrogens is 1. The molecule has 0 aliphatic rings. The van der Waals surface area contributed by atoms with Gasteiger partial charge in [-0.3, -0.25) is 0 Å². The van der Waals surface area contributed by atoms with Crippen LogP contribution < -0.4 is 5.32 Å². The fourth-order valence-corrected chi connectivity index (χ4v) is 8.34. The molecule has 0 bridgehead atoms. The lowest BCUT2D eigenvalue weighted by molar-refractivity contribution is 0.668. The van der Waals surface area contributed by atoms with Crippen LogP contribution >= 0.6 is 0 Å². The van der Waals surface area contributed by atoms with Crippen molar-refractivity contribution in [3.63, 3.8) is 0 Å². The number of fused-ring (bicyclic) bond motifs is 9. The zero-order valence-electron chi connectivity index (χ0n) is 30.9. The first-order chi connectivity index (χ1) is 27.6. The van der Waals surface area contributed by atoms with E-state index in [2.05, 4.69) is 150 Å². The molecule has 1 N–H and O–H groups in total. The third kappa shape index (κ3) is 5.13. The molecule has 0 spiro atoms. The standard InChI is InChI=1S/C51H35N3O2/c1-31-10-3-6-15-44(31)53-51(52-2)36-21-25-50-43(30-36)42-29-34(19-24-49(42)56-50)32-11-9-12-37(26-32)54-45-16-7-4-13-38(45)40-27-33(18-22-46(40)54)35-20-23-48-41(28-35)39-14-5-8-17-47(39)55-48/h3-30H,1-2H3,(H,52,53). The number of nitrogens with one attached hydrogen (secondary N) is 1. The fourth-order valence-electron chi connectivity index (χ4n) is 8.34. The normalized spacial score (nSPS) is 12.2. The van der Waals surface area contributed by atoms with E-state index in [1.54, 1.807) is 0 Å². The summed E-state index contributed by atoms with van der Waals surface area (Å²) in [5, 5.41) is 10.2. The first-order valence-corrected chi connectivity index (χ1v) is 18.9. The Balaban J connectivity index is 1.00. The van der Waals surface area contributed by atoms with E-state index < -0.39 is 0 Å². The Morgan fingerprint density at radius 2 is 1.04 bits per heavy atom. The molecule has 56 heavy (non-hydrogen) atoms. The van der Waals surface area contributed by atoms with Crippen molar-refractivity contribution in [3.05, 3.63) is 181 Å². The second-order valence-corrected chi connectivity index (χ2v) is 14.5. The zero-order chi connectivity index (χ0) is 37.3. The van der Waals surface area contributed by atoms with Crippen molar-refractivity contribution in [1.82, 2.24) is 9.88 Å². The topological polar surface area (TPSA) is 55.6 Å². The molecule has 0 saturated heterocycles. The summed E-state index contributed by atoms with van der Waals surface area (Å²) >= 11 is 0. The molecule has 0 fully saturated rings. The van der Waals surface area contributed by atoms with Crippen LogP contribution in [0.1, 0.15) is 11.1 Å². The van der Waals surface area contributed by atoms with Crippen LogP contribution in [0.4, 0.5) is 5.69 Å². The van der Waals surface area contributed by atoms with E-state index in [4.69, 9.17) is 13.8 Å². The average Bonchev–Trinajstić information content (AvgIpc) is 3.92. The van der Waals surface area contributed by atoms with Crippen molar-refractivity contribution in [2.75, 3.05) is 7.05 Å². The van der Waals surface area contributed by atoms with Crippen molar-refractivity contribution in [1.29, 1.82) is 0 Å². The van der Waals surface area contributed by atoms with Gasteiger partial charge in [0.1, 0.15) is 28.2 Å². The predicted octanol–water partition coefficient (Wildman–Crippen LogP) is 13.5. The van der Waals surface area contributed by atoms with Gasteiger partial charge in [0, 0.05) is 50.6 Å². The highest BCUT2D eigenvalue weighted by molar-refractivity contribution is 6.12. The van der Waals surface area contributed by atoms with Gasteiger partial charge in [0.2, 0.25) is 0 Å². The van der Waals surface area contributed by atoms with E-state index in [0.717, 1.165) is 83.3 Å². The van der Waals surface area contributed by atoms with Gasteiger partial charge >= 0.3 is 0 Å². The van der Waals surface area contributed by atoms with Crippen LogP contribution in [0.3, 0.4) is 0 Å². The lowest BCUT2D eigenvalue weighted by Gasteiger charge is -2.11. The maximum Gasteiger partial charge on any atom is 0.135 e. The smallest absolute Gasteiger partial charge is 0.135 e. The maximum absolute atomic E-state index is 6.34. The van der Waals surface area contributed by atoms with Crippen LogP contribution in [0, 0.1) is 6.92 Å². The number of benzene rings is 8. The van der Waals surface area contributed by atoms with Crippen molar-refractivity contribution < 1.29 is 8.83 Å². The third-order valence-corrected chi connectivity index (χ3v) is 11.1. The minimum absolute atomic E-state index is 0.811. The minimum atomic E-state index is 0.811. The SMILES string of the molecule is CNC(=Nc1ccccc1C)c1ccc2oc3ccc(-c4cccc(-n5c6ccccc6c6cc(-c7ccc8oc9ccccc9c8c7)ccc65)c4)cc3c2c1. The van der Waals surface area contributed by atoms with E-state index >= 15 is 0 Å². The van der Waals surface area contributed by atoms with Crippen LogP contribution in [0.5, 0.6) is 0 Å². The number of aliphatic imine (C=N–C) groups is 1. The van der Waals surface area contributed by atoms with E-state index in [9.17, 15) is 0 Å². The first kappa shape index (κ1) is 32.1. The van der Waals surface area contributed by atoms with Gasteiger partial charge in [-0.2, -0.15) is 0 Å². The van der Waals surface area contributed by atoms with Gasteiger partial charge in [-0.15, -0.1) is 0 Å². The lowest BCUT2D eigenvalue weighted by Crippen LogP contribution is -2.19. The third-order valence-electron chi connectivity index (χ3n) is 11.1. The summed E-state index contributed by atoms with van der Waals surface area (Å²) in [4.78, 5) is 4.97. The Bertz CT molecular complexity index is 3380. The first-order valence-electron chi connectivity index (χ1n) is 18.9. The Labute approximate surface area is 322 Å². The highest BCUT2D eigenvalue weighted by Crippen LogP contribution is 2.39. The molecule has 0 unspecified atom stereocenters. The Morgan fingerprint density at radius 3 is 1.80 bits per heavy atom. The molecular formula is C51H35N3O2. The van der Waals surface area contributed by atoms with Gasteiger partial charge in [-0.05, 0) is 120 Å². The number of hydrogen-bond donors (Lipinski definition) is 1. The molecule has 0 aliphatic carbocycles. The van der Waals surface area contributed by atoms with Crippen LogP contribution in [-0.2, 0) is 0 Å². The number of aryl methyl sites for hydroxylation is 1. The zero-order valence-corrected chi connectivity index (χ0v) is 30.9. The quantitative estimate of drug-likeness (QED) is 0.142. The number of furan rings is 2. The molecule has 0 aliphatic heterocycles. The number of hydrogen-bond acceptors (Lipinski definition) is 3. The number of para-hydroxylation sites is 3. The van der Waals surface area contributed by atoms with Gasteiger partial charge in [-0.25, -0.2) is 4.99 Å². The van der Waals surface area contributed by atoms with Crippen molar-refractivity contribution in [2.45, 2.75) is 6.92 Å². The predicted molar refractivity (Wildman–Crippen MR) is 233 cm³/mol. The molecule has 11 rings (SSSR count). The number of amidine groups is 1. The second-order valence-electron chi connectivity index (χ2n) is 14.5. The van der Waals surface area contributed by atoms with Crippen molar-refractivity contribution >= 4 is 77.2 Å². The summed E-state index contributed by atoms with van der Waals surface area (Å²) in [5.74, 6) is 0.811. The molecule has 8 aromatic carbocycles. The summed E-state index contributed by atoms with van der Waals surface area (Å²) in [6.07, 6.45) is 0. The number of rotatable bonds is 5. The van der Waals surface area contributed by atoms with Crippen LogP contribution in [0.25, 0.3) is 93.6 Å². The van der Waals surface area contributed by atoms with E-state index in [0.29, 0.717) is 0 Å². The second kappa shape index (κ2) is 12.6. The summed E-state index contributed by atoms with van der Waals surface area (Å²) in [5.41, 5.74) is 14.7. The van der Waals surface area contributed by atoms with Crippen LogP contribution in [0.2, 0.25) is 0 Å². The lowest BCUT2D eigenvalue weighted by atomic mass is 10.0. The van der Waals surface area contributed by atoms with Crippen molar-refractivity contribution in [2.24, 2.45) is 4.99 Å². The van der Waals surface area contributed by atoms with Crippen LogP contribution in [-0.4, -0.2) is 17.5 Å². The molecule has 0 radical (unpaired) electrons. The van der Waals surface area contributed by atoms with Gasteiger partial charge in [0.25, 0.3) is 0 Å². The fraction of sp³-hybridized carbons (Fsp3) is 0.0392. The average molecular weight is 722 g/mol. The summed E-state index contributed by atoms with van der Waals surface area (Å²) in [7, 11) is 1.92. The molecule has 3 heterocycles. The Morgan fingerprint density at radius 1 is 0.464 bits per heavy atom. The van der Waals surface area contributed by atoms with Crippen molar-refractivity contribution in [3.8, 4) is 27.9 Å². The molecule has 0 amide bonds. The van der Waals surface area contributed by atoms with Gasteiger partial charge in [0.05, 0.1) is 16.7 Å². The Hall–Kier alpha value is -7.37. The van der Waals surface area contributed by atoms with E-state index in [1.165, 1.54) is 32.9 Å². The monoisotopic (exact) mass is 721 g/mol. The minimum Gasteiger partial charge on any atom is -0.456 e. The largest absolute Gasteiger partial charge is 0.456 e. The molecule has 5 nitrogen and oxygen atoms in total. The molecular weight excluding hydrogens is 687 g/mol. The number of nitrogens with zero attached hydrogens (tertiary/aromatic N) is 2. The molecule has 0 saturated carbocycles. The highest BCUT2D eigenvalue weighted by Gasteiger charge is 2.16. The highest BCUT2D eigenvalue weighted by atomic mass is 16.3. The molecule has 5 heteroatoms. The molecule has 266 valence electrons. The maximum atomic E-state index is 6.34. The van der Waals surface area contributed by atoms with Gasteiger partial charge in [0.15, 0.2) is 0 Å². The summed E-state index contributed by atoms with van der Waals surface area (Å²) in [6.45, 7) is 2.08. The molecule has 3 aromatic heterocycles.